The highest BCUT2D eigenvalue weighted by Gasteiger charge is 2.62. The Morgan fingerprint density at radius 3 is 2.80 bits per heavy atom. The van der Waals surface area contributed by atoms with E-state index in [0.29, 0.717) is 25.1 Å². The van der Waals surface area contributed by atoms with Crippen LogP contribution in [0.2, 0.25) is 0 Å². The summed E-state index contributed by atoms with van der Waals surface area (Å²) in [6, 6.07) is 10.0. The summed E-state index contributed by atoms with van der Waals surface area (Å²) in [6.45, 7) is 0.219. The number of likely N-dealkylation sites (tertiary alicyclic amines) is 1. The second-order valence-electron chi connectivity index (χ2n) is 6.33. The molecule has 0 aromatic heterocycles. The summed E-state index contributed by atoms with van der Waals surface area (Å²) in [5.74, 6) is 0.0707. The number of piperidine rings is 1. The number of amides is 2. The molecule has 0 radical (unpaired) electrons. The molecule has 3 rings (SSSR count). The summed E-state index contributed by atoms with van der Waals surface area (Å²) in [5, 5.41) is 0. The average molecular weight is 362 g/mol. The summed E-state index contributed by atoms with van der Waals surface area (Å²) >= 11 is 1.65. The van der Waals surface area contributed by atoms with Crippen LogP contribution in [0.25, 0.3) is 0 Å². The van der Waals surface area contributed by atoms with Gasteiger partial charge in [-0.05, 0) is 18.4 Å². The summed E-state index contributed by atoms with van der Waals surface area (Å²) in [6.07, 6.45) is 0.941. The molecule has 0 spiro atoms. The second-order valence-corrected chi connectivity index (χ2v) is 7.43. The van der Waals surface area contributed by atoms with Crippen molar-refractivity contribution in [2.24, 2.45) is 5.73 Å². The van der Waals surface area contributed by atoms with Crippen LogP contribution >= 0.6 is 11.8 Å². The Hall–Kier alpha value is -1.86. The number of Topliss-reactive ketones (excluding diaryl/α,β-unsaturated/α-hetero) is 1. The van der Waals surface area contributed by atoms with Gasteiger partial charge in [-0.25, -0.2) is 0 Å². The minimum atomic E-state index is -1.60. The molecule has 1 aromatic rings. The lowest BCUT2D eigenvalue weighted by atomic mass is 9.81. The number of ketones is 1. The molecule has 134 valence electrons. The SMILES string of the molecule is NC(=O)C12C(=O)COC1CCCN2C(=O)CCSCc1ccccc1. The highest BCUT2D eigenvalue weighted by molar-refractivity contribution is 7.98. The summed E-state index contributed by atoms with van der Waals surface area (Å²) in [4.78, 5) is 38.6. The molecule has 0 bridgehead atoms. The zero-order valence-electron chi connectivity index (χ0n) is 14.0. The number of primary amides is 1. The van der Waals surface area contributed by atoms with E-state index in [1.165, 1.54) is 10.5 Å². The molecule has 2 saturated heterocycles. The topological polar surface area (TPSA) is 89.7 Å². The highest BCUT2D eigenvalue weighted by Crippen LogP contribution is 2.37. The Bertz CT molecular complexity index is 666. The number of thioether (sulfide) groups is 1. The van der Waals surface area contributed by atoms with Crippen molar-refractivity contribution in [2.45, 2.75) is 36.7 Å². The van der Waals surface area contributed by atoms with Crippen LogP contribution in [0.4, 0.5) is 0 Å². The molecule has 0 saturated carbocycles. The van der Waals surface area contributed by atoms with E-state index < -0.39 is 23.3 Å². The van der Waals surface area contributed by atoms with E-state index in [-0.39, 0.29) is 18.9 Å². The molecular weight excluding hydrogens is 340 g/mol. The van der Waals surface area contributed by atoms with E-state index in [1.807, 2.05) is 30.3 Å². The molecule has 7 heteroatoms. The van der Waals surface area contributed by atoms with Crippen LogP contribution in [0.15, 0.2) is 30.3 Å². The van der Waals surface area contributed by atoms with Crippen LogP contribution in [0.1, 0.15) is 24.8 Å². The predicted molar refractivity (Wildman–Crippen MR) is 94.8 cm³/mol. The van der Waals surface area contributed by atoms with Crippen molar-refractivity contribution in [3.8, 4) is 0 Å². The molecular formula is C18H22N2O4S. The van der Waals surface area contributed by atoms with Crippen molar-refractivity contribution in [3.05, 3.63) is 35.9 Å². The molecule has 2 aliphatic rings. The Labute approximate surface area is 151 Å². The number of hydrogen-bond acceptors (Lipinski definition) is 5. The molecule has 25 heavy (non-hydrogen) atoms. The first-order chi connectivity index (χ1) is 12.1. The van der Waals surface area contributed by atoms with Crippen molar-refractivity contribution < 1.29 is 19.1 Å². The molecule has 2 atom stereocenters. The number of carbonyl (C=O) groups is 3. The third kappa shape index (κ3) is 3.30. The lowest BCUT2D eigenvalue weighted by Gasteiger charge is -2.43. The molecule has 2 fully saturated rings. The van der Waals surface area contributed by atoms with Crippen LogP contribution < -0.4 is 5.73 Å². The zero-order chi connectivity index (χ0) is 17.9. The summed E-state index contributed by atoms with van der Waals surface area (Å²) < 4.78 is 5.45. The van der Waals surface area contributed by atoms with Crippen molar-refractivity contribution in [2.75, 3.05) is 18.9 Å². The monoisotopic (exact) mass is 362 g/mol. The fourth-order valence-electron chi connectivity index (χ4n) is 3.62. The molecule has 2 unspecified atom stereocenters. The average Bonchev–Trinajstić information content (AvgIpc) is 2.97. The number of nitrogens with two attached hydrogens (primary N) is 1. The zero-order valence-corrected chi connectivity index (χ0v) is 14.8. The molecule has 6 nitrogen and oxygen atoms in total. The van der Waals surface area contributed by atoms with Gasteiger partial charge in [-0.2, -0.15) is 11.8 Å². The number of benzene rings is 1. The van der Waals surface area contributed by atoms with Crippen molar-refractivity contribution in [3.63, 3.8) is 0 Å². The Balaban J connectivity index is 1.62. The largest absolute Gasteiger partial charge is 0.367 e. The first-order valence-electron chi connectivity index (χ1n) is 8.43. The lowest BCUT2D eigenvalue weighted by Crippen LogP contribution is -2.69. The van der Waals surface area contributed by atoms with Crippen LogP contribution in [-0.4, -0.2) is 53.0 Å². The molecule has 1 aromatic carbocycles. The maximum atomic E-state index is 12.7. The minimum Gasteiger partial charge on any atom is -0.367 e. The standard InChI is InChI=1S/C18H22N2O4S/c19-17(23)18-14(21)11-24-15(18)7-4-9-20(18)16(22)8-10-25-12-13-5-2-1-3-6-13/h1-3,5-6,15H,4,7-12H2,(H2,19,23). The van der Waals surface area contributed by atoms with E-state index in [0.717, 1.165) is 5.75 Å². The van der Waals surface area contributed by atoms with Gasteiger partial charge in [-0.3, -0.25) is 14.4 Å². The van der Waals surface area contributed by atoms with Crippen molar-refractivity contribution >= 4 is 29.4 Å². The van der Waals surface area contributed by atoms with Gasteiger partial charge < -0.3 is 15.4 Å². The third-order valence-electron chi connectivity index (χ3n) is 4.83. The molecule has 0 aliphatic carbocycles. The van der Waals surface area contributed by atoms with Gasteiger partial charge in [-0.1, -0.05) is 30.3 Å². The number of ether oxygens (including phenoxy) is 1. The number of carbonyl (C=O) groups excluding carboxylic acids is 3. The summed E-state index contributed by atoms with van der Waals surface area (Å²) in [5.41, 5.74) is 5.16. The number of nitrogens with zero attached hydrogens (tertiary/aromatic N) is 1. The van der Waals surface area contributed by atoms with E-state index >= 15 is 0 Å². The first kappa shape index (κ1) is 17.9. The lowest BCUT2D eigenvalue weighted by molar-refractivity contribution is -0.158. The maximum absolute atomic E-state index is 12.7. The summed E-state index contributed by atoms with van der Waals surface area (Å²) in [7, 11) is 0. The van der Waals surface area contributed by atoms with Gasteiger partial charge in [0.1, 0.15) is 6.61 Å². The first-order valence-corrected chi connectivity index (χ1v) is 9.59. The highest BCUT2D eigenvalue weighted by atomic mass is 32.2. The molecule has 2 amide bonds. The number of fused-ring (bicyclic) bond motifs is 1. The van der Waals surface area contributed by atoms with E-state index in [9.17, 15) is 14.4 Å². The smallest absolute Gasteiger partial charge is 0.254 e. The fourth-order valence-corrected chi connectivity index (χ4v) is 4.51. The van der Waals surface area contributed by atoms with Gasteiger partial charge in [-0.15, -0.1) is 0 Å². The molecule has 2 N–H and O–H groups in total. The van der Waals surface area contributed by atoms with E-state index in [4.69, 9.17) is 10.5 Å². The Kier molecular flexibility index (Phi) is 5.44. The van der Waals surface area contributed by atoms with Gasteiger partial charge >= 0.3 is 0 Å². The number of hydrogen-bond donors (Lipinski definition) is 1. The van der Waals surface area contributed by atoms with Crippen LogP contribution in [-0.2, 0) is 24.9 Å². The van der Waals surface area contributed by atoms with Gasteiger partial charge in [0.25, 0.3) is 5.91 Å². The van der Waals surface area contributed by atoms with Gasteiger partial charge in [0.05, 0.1) is 6.10 Å². The molecule has 2 heterocycles. The van der Waals surface area contributed by atoms with Crippen LogP contribution in [0.5, 0.6) is 0 Å². The van der Waals surface area contributed by atoms with Gasteiger partial charge in [0.2, 0.25) is 11.4 Å². The molecule has 2 aliphatic heterocycles. The third-order valence-corrected chi connectivity index (χ3v) is 5.86. The quantitative estimate of drug-likeness (QED) is 0.605. The van der Waals surface area contributed by atoms with E-state index in [2.05, 4.69) is 0 Å². The second kappa shape index (κ2) is 7.58. The van der Waals surface area contributed by atoms with Crippen molar-refractivity contribution in [1.29, 1.82) is 0 Å². The Morgan fingerprint density at radius 1 is 1.32 bits per heavy atom. The Morgan fingerprint density at radius 2 is 2.08 bits per heavy atom. The van der Waals surface area contributed by atoms with Gasteiger partial charge in [0.15, 0.2) is 5.78 Å². The predicted octanol–water partition coefficient (Wildman–Crippen LogP) is 1.12. The van der Waals surface area contributed by atoms with Crippen molar-refractivity contribution in [1.82, 2.24) is 4.90 Å². The fraction of sp³-hybridized carbons (Fsp3) is 0.500. The van der Waals surface area contributed by atoms with E-state index in [1.54, 1.807) is 11.8 Å². The van der Waals surface area contributed by atoms with Gasteiger partial charge in [0, 0.05) is 24.5 Å². The minimum absolute atomic E-state index is 0.153. The maximum Gasteiger partial charge on any atom is 0.254 e. The number of rotatable bonds is 6. The van der Waals surface area contributed by atoms with Crippen LogP contribution in [0, 0.1) is 0 Å². The van der Waals surface area contributed by atoms with Crippen LogP contribution in [0.3, 0.4) is 0 Å². The normalized spacial score (nSPS) is 25.7.